The van der Waals surface area contributed by atoms with Crippen LogP contribution in [0.4, 0.5) is 5.82 Å². The van der Waals surface area contributed by atoms with E-state index >= 15 is 0 Å². The number of benzene rings is 2. The van der Waals surface area contributed by atoms with Crippen molar-refractivity contribution in [1.29, 1.82) is 0 Å². The first kappa shape index (κ1) is 24.4. The number of amides is 1. The number of rotatable bonds is 11. The van der Waals surface area contributed by atoms with Gasteiger partial charge in [-0.2, -0.15) is 0 Å². The Hall–Kier alpha value is -3.22. The van der Waals surface area contributed by atoms with Gasteiger partial charge in [0.1, 0.15) is 5.82 Å². The van der Waals surface area contributed by atoms with Crippen LogP contribution in [0.25, 0.3) is 0 Å². The van der Waals surface area contributed by atoms with E-state index in [-0.39, 0.29) is 11.4 Å². The van der Waals surface area contributed by atoms with Crippen molar-refractivity contribution >= 4 is 11.7 Å². The molecule has 0 aliphatic rings. The number of anilines is 1. The molecule has 6 nitrogen and oxygen atoms in total. The van der Waals surface area contributed by atoms with E-state index in [4.69, 9.17) is 5.73 Å². The van der Waals surface area contributed by atoms with Gasteiger partial charge in [-0.15, -0.1) is 0 Å². The summed E-state index contributed by atoms with van der Waals surface area (Å²) in [5, 5.41) is 16.9. The number of carbonyl (C=O) groups is 1. The number of aliphatic hydroxyl groups excluding tert-OH is 1. The average molecular weight is 447 g/mol. The number of aliphatic hydroxyl groups is 1. The number of pyridine rings is 1. The molecule has 1 heterocycles. The number of nitrogens with one attached hydrogen (secondary N) is 2. The zero-order chi connectivity index (χ0) is 23.7. The third-order valence-corrected chi connectivity index (χ3v) is 5.55. The van der Waals surface area contributed by atoms with Crippen LogP contribution < -0.4 is 16.4 Å². The lowest BCUT2D eigenvalue weighted by molar-refractivity contribution is -0.120. The van der Waals surface area contributed by atoms with E-state index in [1.54, 1.807) is 18.3 Å². The van der Waals surface area contributed by atoms with Crippen LogP contribution in [-0.4, -0.2) is 34.6 Å². The molecule has 2 aromatic carbocycles. The fourth-order valence-corrected chi connectivity index (χ4v) is 3.77. The Bertz CT molecular complexity index is 1020. The van der Waals surface area contributed by atoms with E-state index in [2.05, 4.69) is 53.7 Å². The van der Waals surface area contributed by atoms with Crippen molar-refractivity contribution in [1.82, 2.24) is 15.6 Å². The Labute approximate surface area is 196 Å². The second kappa shape index (κ2) is 11.6. The summed E-state index contributed by atoms with van der Waals surface area (Å²) in [5.74, 6) is 0.463. The molecule has 1 atom stereocenters. The standard InChI is InChI=1S/C27H34N4O2/c1-27(2,31-19-24(32)23-11-12-25(28)30-18-23)17-22-10-6-9-21(15-22)16-26(33)29-14-13-20-7-4-3-5-8-20/h3-12,15,18,24,31-32H,13-14,16-17,19H2,1-2H3,(H2,28,30)(H,29,33)/t24-/m1/s1. The lowest BCUT2D eigenvalue weighted by Crippen LogP contribution is -2.43. The van der Waals surface area contributed by atoms with Crippen LogP contribution >= 0.6 is 0 Å². The van der Waals surface area contributed by atoms with Gasteiger partial charge in [0, 0.05) is 30.4 Å². The Kier molecular flexibility index (Phi) is 8.58. The lowest BCUT2D eigenvalue weighted by atomic mass is 9.93. The molecule has 0 bridgehead atoms. The summed E-state index contributed by atoms with van der Waals surface area (Å²) < 4.78 is 0. The van der Waals surface area contributed by atoms with Gasteiger partial charge in [0.05, 0.1) is 12.5 Å². The summed E-state index contributed by atoms with van der Waals surface area (Å²) in [6.45, 7) is 5.24. The van der Waals surface area contributed by atoms with Gasteiger partial charge in [0.2, 0.25) is 5.91 Å². The number of carbonyl (C=O) groups excluding carboxylic acids is 1. The molecule has 3 aromatic rings. The molecule has 0 fully saturated rings. The highest BCUT2D eigenvalue weighted by Gasteiger charge is 2.20. The van der Waals surface area contributed by atoms with Crippen LogP contribution in [-0.2, 0) is 24.1 Å². The van der Waals surface area contributed by atoms with Crippen LogP contribution in [0.5, 0.6) is 0 Å². The molecule has 0 spiro atoms. The normalized spacial score (nSPS) is 12.3. The smallest absolute Gasteiger partial charge is 0.224 e. The highest BCUT2D eigenvalue weighted by atomic mass is 16.3. The number of β-amino-alcohol motifs (C(OH)–C–C–N with tert-alkyl or cyclic N) is 1. The Morgan fingerprint density at radius 3 is 2.48 bits per heavy atom. The number of nitrogens with two attached hydrogens (primary N) is 1. The van der Waals surface area contributed by atoms with E-state index in [9.17, 15) is 9.90 Å². The summed E-state index contributed by atoms with van der Waals surface area (Å²) in [7, 11) is 0. The van der Waals surface area contributed by atoms with Crippen molar-refractivity contribution < 1.29 is 9.90 Å². The van der Waals surface area contributed by atoms with Crippen molar-refractivity contribution in [3.8, 4) is 0 Å². The Balaban J connectivity index is 1.47. The van der Waals surface area contributed by atoms with Crippen LogP contribution in [0.3, 0.4) is 0 Å². The van der Waals surface area contributed by atoms with Crippen molar-refractivity contribution in [2.24, 2.45) is 0 Å². The van der Waals surface area contributed by atoms with Crippen LogP contribution in [0.1, 0.15) is 42.2 Å². The van der Waals surface area contributed by atoms with Gasteiger partial charge in [0.25, 0.3) is 0 Å². The minimum absolute atomic E-state index is 0.0284. The largest absolute Gasteiger partial charge is 0.387 e. The number of hydrogen-bond acceptors (Lipinski definition) is 5. The van der Waals surface area contributed by atoms with Gasteiger partial charge in [-0.05, 0) is 49.4 Å². The van der Waals surface area contributed by atoms with E-state index in [1.807, 2.05) is 30.3 Å². The van der Waals surface area contributed by atoms with E-state index in [0.29, 0.717) is 25.3 Å². The summed E-state index contributed by atoms with van der Waals surface area (Å²) in [4.78, 5) is 16.4. The van der Waals surface area contributed by atoms with Crippen molar-refractivity contribution in [3.05, 3.63) is 95.2 Å². The number of aromatic nitrogens is 1. The number of nitrogens with zero attached hydrogens (tertiary/aromatic N) is 1. The minimum Gasteiger partial charge on any atom is -0.387 e. The maximum atomic E-state index is 12.4. The number of hydrogen-bond donors (Lipinski definition) is 4. The molecule has 5 N–H and O–H groups in total. The molecule has 174 valence electrons. The van der Waals surface area contributed by atoms with E-state index in [1.165, 1.54) is 5.56 Å². The van der Waals surface area contributed by atoms with Crippen LogP contribution in [0, 0.1) is 0 Å². The monoisotopic (exact) mass is 446 g/mol. The van der Waals surface area contributed by atoms with Crippen molar-refractivity contribution in [2.45, 2.75) is 44.8 Å². The lowest BCUT2D eigenvalue weighted by Gasteiger charge is -2.28. The third kappa shape index (κ3) is 8.33. The van der Waals surface area contributed by atoms with Gasteiger partial charge in [-0.3, -0.25) is 4.79 Å². The first-order chi connectivity index (χ1) is 15.8. The molecule has 0 unspecified atom stereocenters. The molecule has 33 heavy (non-hydrogen) atoms. The number of nitrogen functional groups attached to an aromatic ring is 1. The SMILES string of the molecule is CC(C)(Cc1cccc(CC(=O)NCCc2ccccc2)c1)NC[C@@H](O)c1ccc(N)nc1. The molecule has 6 heteroatoms. The van der Waals surface area contributed by atoms with Crippen LogP contribution in [0.2, 0.25) is 0 Å². The predicted octanol–water partition coefficient (Wildman–Crippen LogP) is 3.21. The summed E-state index contributed by atoms with van der Waals surface area (Å²) in [6.07, 6.45) is 2.89. The second-order valence-corrected chi connectivity index (χ2v) is 9.06. The molecular formula is C27H34N4O2. The molecular weight excluding hydrogens is 412 g/mol. The average Bonchev–Trinajstić information content (AvgIpc) is 2.79. The first-order valence-electron chi connectivity index (χ1n) is 11.3. The topological polar surface area (TPSA) is 100 Å². The molecule has 1 aromatic heterocycles. The van der Waals surface area contributed by atoms with Gasteiger partial charge in [0.15, 0.2) is 0 Å². The molecule has 0 aliphatic carbocycles. The van der Waals surface area contributed by atoms with Crippen molar-refractivity contribution in [2.75, 3.05) is 18.8 Å². The van der Waals surface area contributed by atoms with Crippen molar-refractivity contribution in [3.63, 3.8) is 0 Å². The third-order valence-electron chi connectivity index (χ3n) is 5.55. The first-order valence-corrected chi connectivity index (χ1v) is 11.3. The van der Waals surface area contributed by atoms with Crippen LogP contribution in [0.15, 0.2) is 72.9 Å². The zero-order valence-electron chi connectivity index (χ0n) is 19.4. The molecule has 0 aliphatic heterocycles. The predicted molar refractivity (Wildman–Crippen MR) is 133 cm³/mol. The second-order valence-electron chi connectivity index (χ2n) is 9.06. The summed E-state index contributed by atoms with van der Waals surface area (Å²) in [6, 6.07) is 21.7. The molecule has 0 saturated heterocycles. The highest BCUT2D eigenvalue weighted by Crippen LogP contribution is 2.17. The molecule has 0 saturated carbocycles. The fraction of sp³-hybridized carbons (Fsp3) is 0.333. The Morgan fingerprint density at radius 2 is 1.76 bits per heavy atom. The molecule has 1 amide bonds. The maximum absolute atomic E-state index is 12.4. The van der Waals surface area contributed by atoms with Gasteiger partial charge in [-0.1, -0.05) is 60.7 Å². The molecule has 0 radical (unpaired) electrons. The highest BCUT2D eigenvalue weighted by molar-refractivity contribution is 5.78. The molecule has 3 rings (SSSR count). The summed E-state index contributed by atoms with van der Waals surface area (Å²) >= 11 is 0. The van der Waals surface area contributed by atoms with Gasteiger partial charge < -0.3 is 21.5 Å². The maximum Gasteiger partial charge on any atom is 0.224 e. The van der Waals surface area contributed by atoms with Gasteiger partial charge >= 0.3 is 0 Å². The quantitative estimate of drug-likeness (QED) is 0.362. The van der Waals surface area contributed by atoms with E-state index in [0.717, 1.165) is 29.5 Å². The Morgan fingerprint density at radius 1 is 1.03 bits per heavy atom. The zero-order valence-corrected chi connectivity index (χ0v) is 19.4. The summed E-state index contributed by atoms with van der Waals surface area (Å²) in [5.41, 5.74) is 9.46. The van der Waals surface area contributed by atoms with E-state index < -0.39 is 6.10 Å². The van der Waals surface area contributed by atoms with Gasteiger partial charge in [-0.25, -0.2) is 4.98 Å². The fourth-order valence-electron chi connectivity index (χ4n) is 3.77. The minimum atomic E-state index is -0.664.